The second-order valence-corrected chi connectivity index (χ2v) is 8.84. The molecular weight excluding hydrogens is 389 g/mol. The highest BCUT2D eigenvalue weighted by atomic mass is 19.1. The van der Waals surface area contributed by atoms with Gasteiger partial charge in [-0.05, 0) is 45.7 Å². The van der Waals surface area contributed by atoms with Gasteiger partial charge in [-0.15, -0.1) is 0 Å². The van der Waals surface area contributed by atoms with Crippen molar-refractivity contribution in [1.29, 1.82) is 0 Å². The summed E-state index contributed by atoms with van der Waals surface area (Å²) in [4.78, 5) is 42.6. The molecule has 2 aliphatic rings. The van der Waals surface area contributed by atoms with Gasteiger partial charge < -0.3 is 19.4 Å². The minimum Gasteiger partial charge on any atom is -0.444 e. The van der Waals surface area contributed by atoms with E-state index < -0.39 is 11.4 Å². The van der Waals surface area contributed by atoms with Crippen LogP contribution in [-0.4, -0.2) is 77.5 Å². The van der Waals surface area contributed by atoms with Gasteiger partial charge in [0.1, 0.15) is 11.4 Å². The van der Waals surface area contributed by atoms with E-state index in [2.05, 4.69) is 0 Å². The molecule has 7 nitrogen and oxygen atoms in total. The number of carbonyl (C=O) groups excluding carboxylic acids is 3. The lowest BCUT2D eigenvalue weighted by atomic mass is 9.95. The lowest BCUT2D eigenvalue weighted by molar-refractivity contribution is -0.138. The summed E-state index contributed by atoms with van der Waals surface area (Å²) >= 11 is 0. The van der Waals surface area contributed by atoms with Gasteiger partial charge in [0, 0.05) is 45.2 Å². The summed E-state index contributed by atoms with van der Waals surface area (Å²) < 4.78 is 19.3. The van der Waals surface area contributed by atoms with Crippen molar-refractivity contribution in [3.05, 3.63) is 35.6 Å². The first kappa shape index (κ1) is 22.1. The second-order valence-electron chi connectivity index (χ2n) is 8.84. The predicted molar refractivity (Wildman–Crippen MR) is 109 cm³/mol. The average molecular weight is 419 g/mol. The van der Waals surface area contributed by atoms with Crippen LogP contribution in [0.1, 0.15) is 44.0 Å². The van der Waals surface area contributed by atoms with Crippen LogP contribution in [0.3, 0.4) is 0 Å². The van der Waals surface area contributed by atoms with Crippen LogP contribution in [0, 0.1) is 11.7 Å². The van der Waals surface area contributed by atoms with Crippen LogP contribution in [-0.2, 0) is 9.53 Å². The third-order valence-corrected chi connectivity index (χ3v) is 5.48. The van der Waals surface area contributed by atoms with Gasteiger partial charge in [0.25, 0.3) is 5.91 Å². The van der Waals surface area contributed by atoms with Crippen LogP contribution in [0.5, 0.6) is 0 Å². The number of rotatable bonds is 2. The molecule has 1 aromatic carbocycles. The van der Waals surface area contributed by atoms with Gasteiger partial charge in [-0.2, -0.15) is 0 Å². The van der Waals surface area contributed by atoms with Crippen molar-refractivity contribution in [3.63, 3.8) is 0 Å². The fourth-order valence-corrected chi connectivity index (χ4v) is 3.83. The van der Waals surface area contributed by atoms with Crippen molar-refractivity contribution in [2.75, 3.05) is 39.3 Å². The molecule has 2 fully saturated rings. The molecule has 3 amide bonds. The number of hydrogen-bond donors (Lipinski definition) is 0. The van der Waals surface area contributed by atoms with Crippen LogP contribution in [0.2, 0.25) is 0 Å². The molecule has 0 atom stereocenters. The van der Waals surface area contributed by atoms with Gasteiger partial charge in [0.05, 0.1) is 5.56 Å². The number of carbonyl (C=O) groups is 3. The highest BCUT2D eigenvalue weighted by Gasteiger charge is 2.34. The third kappa shape index (κ3) is 5.29. The van der Waals surface area contributed by atoms with Gasteiger partial charge in [0.15, 0.2) is 0 Å². The molecule has 2 saturated heterocycles. The quantitative estimate of drug-likeness (QED) is 0.739. The molecule has 3 rings (SSSR count). The maximum atomic E-state index is 13.9. The zero-order valence-electron chi connectivity index (χ0n) is 17.9. The monoisotopic (exact) mass is 419 g/mol. The highest BCUT2D eigenvalue weighted by Crippen LogP contribution is 2.22. The van der Waals surface area contributed by atoms with Gasteiger partial charge >= 0.3 is 6.09 Å². The molecule has 2 aliphatic heterocycles. The maximum absolute atomic E-state index is 13.9. The lowest BCUT2D eigenvalue weighted by Gasteiger charge is -2.38. The molecule has 0 radical (unpaired) electrons. The molecule has 30 heavy (non-hydrogen) atoms. The van der Waals surface area contributed by atoms with Crippen LogP contribution in [0.25, 0.3) is 0 Å². The molecule has 0 aromatic heterocycles. The Balaban J connectivity index is 1.47. The lowest BCUT2D eigenvalue weighted by Crippen LogP contribution is -2.53. The normalized spacial score (nSPS) is 18.3. The predicted octanol–water partition coefficient (Wildman–Crippen LogP) is 2.76. The van der Waals surface area contributed by atoms with Crippen molar-refractivity contribution in [1.82, 2.24) is 14.7 Å². The van der Waals surface area contributed by atoms with Crippen molar-refractivity contribution < 1.29 is 23.5 Å². The van der Waals surface area contributed by atoms with Gasteiger partial charge in [-0.3, -0.25) is 9.59 Å². The standard InChI is InChI=1S/C22H30FN3O4/c1-22(2,3)30-21(29)26-10-8-16(9-11-26)19(27)24-12-14-25(15-13-24)20(28)17-6-4-5-7-18(17)23/h4-7,16H,8-15H2,1-3H3. The van der Waals surface area contributed by atoms with E-state index in [0.29, 0.717) is 52.1 Å². The van der Waals surface area contributed by atoms with Gasteiger partial charge in [0.2, 0.25) is 5.91 Å². The zero-order valence-corrected chi connectivity index (χ0v) is 17.9. The largest absolute Gasteiger partial charge is 0.444 e. The molecule has 0 saturated carbocycles. The topological polar surface area (TPSA) is 70.2 Å². The maximum Gasteiger partial charge on any atom is 0.410 e. The first-order chi connectivity index (χ1) is 14.2. The zero-order chi connectivity index (χ0) is 21.9. The second kappa shape index (κ2) is 9.02. The number of amides is 3. The van der Waals surface area contributed by atoms with Crippen LogP contribution in [0.15, 0.2) is 24.3 Å². The van der Waals surface area contributed by atoms with E-state index in [9.17, 15) is 18.8 Å². The molecule has 0 unspecified atom stereocenters. The Morgan fingerprint density at radius 2 is 1.47 bits per heavy atom. The number of piperidine rings is 1. The molecule has 0 bridgehead atoms. The summed E-state index contributed by atoms with van der Waals surface area (Å²) in [5.74, 6) is -0.932. The minimum atomic E-state index is -0.538. The van der Waals surface area contributed by atoms with Crippen LogP contribution >= 0.6 is 0 Å². The van der Waals surface area contributed by atoms with E-state index in [1.165, 1.54) is 12.1 Å². The number of halogens is 1. The summed E-state index contributed by atoms with van der Waals surface area (Å²) in [6, 6.07) is 5.95. The molecule has 0 N–H and O–H groups in total. The number of likely N-dealkylation sites (tertiary alicyclic amines) is 1. The number of ether oxygens (including phenoxy) is 1. The first-order valence-electron chi connectivity index (χ1n) is 10.5. The Labute approximate surface area is 176 Å². The average Bonchev–Trinajstić information content (AvgIpc) is 2.72. The fraction of sp³-hybridized carbons (Fsp3) is 0.591. The van der Waals surface area contributed by atoms with E-state index in [1.807, 2.05) is 20.8 Å². The minimum absolute atomic E-state index is 0.0618. The Morgan fingerprint density at radius 1 is 0.900 bits per heavy atom. The van der Waals surface area contributed by atoms with Crippen LogP contribution in [0.4, 0.5) is 9.18 Å². The van der Waals surface area contributed by atoms with Crippen LogP contribution < -0.4 is 0 Å². The van der Waals surface area contributed by atoms with Gasteiger partial charge in [-0.25, -0.2) is 9.18 Å². The number of piperazine rings is 1. The summed E-state index contributed by atoms with van der Waals surface area (Å²) in [6.07, 6.45) is 0.868. The third-order valence-electron chi connectivity index (χ3n) is 5.48. The van der Waals surface area contributed by atoms with E-state index in [4.69, 9.17) is 4.74 Å². The molecule has 0 spiro atoms. The number of hydrogen-bond acceptors (Lipinski definition) is 4. The summed E-state index contributed by atoms with van der Waals surface area (Å²) in [6.45, 7) is 8.13. The SMILES string of the molecule is CC(C)(C)OC(=O)N1CCC(C(=O)N2CCN(C(=O)c3ccccc3F)CC2)CC1. The number of nitrogens with zero attached hydrogens (tertiary/aromatic N) is 3. The van der Waals surface area contributed by atoms with E-state index in [1.54, 1.807) is 26.8 Å². The number of benzene rings is 1. The molecule has 0 aliphatic carbocycles. The summed E-state index contributed by atoms with van der Waals surface area (Å²) in [5, 5.41) is 0. The van der Waals surface area contributed by atoms with E-state index in [0.717, 1.165) is 0 Å². The smallest absolute Gasteiger partial charge is 0.410 e. The molecule has 164 valence electrons. The highest BCUT2D eigenvalue weighted by molar-refractivity contribution is 5.94. The van der Waals surface area contributed by atoms with Crippen molar-refractivity contribution in [2.24, 2.45) is 5.92 Å². The fourth-order valence-electron chi connectivity index (χ4n) is 3.83. The Bertz CT molecular complexity index is 792. The Hall–Kier alpha value is -2.64. The molecule has 1 aromatic rings. The summed E-state index contributed by atoms with van der Waals surface area (Å²) in [7, 11) is 0. The Morgan fingerprint density at radius 3 is 2.03 bits per heavy atom. The molecule has 2 heterocycles. The van der Waals surface area contributed by atoms with Crippen molar-refractivity contribution in [2.45, 2.75) is 39.2 Å². The first-order valence-corrected chi connectivity index (χ1v) is 10.5. The Kier molecular flexibility index (Phi) is 6.63. The van der Waals surface area contributed by atoms with E-state index in [-0.39, 0.29) is 29.4 Å². The van der Waals surface area contributed by atoms with Crippen molar-refractivity contribution in [3.8, 4) is 0 Å². The van der Waals surface area contributed by atoms with Gasteiger partial charge in [-0.1, -0.05) is 12.1 Å². The summed E-state index contributed by atoms with van der Waals surface area (Å²) in [5.41, 5.74) is -0.476. The molecule has 8 heteroatoms. The van der Waals surface area contributed by atoms with E-state index >= 15 is 0 Å². The molecular formula is C22H30FN3O4. The van der Waals surface area contributed by atoms with Crippen molar-refractivity contribution >= 4 is 17.9 Å².